The predicted molar refractivity (Wildman–Crippen MR) is 77.0 cm³/mol. The minimum atomic E-state index is -3.45. The number of sulfonamides is 1. The van der Waals surface area contributed by atoms with Gasteiger partial charge < -0.3 is 5.32 Å². The van der Waals surface area contributed by atoms with E-state index >= 15 is 0 Å². The molecule has 0 spiro atoms. The topological polar surface area (TPSA) is 58.2 Å². The maximum atomic E-state index is 12.0. The van der Waals surface area contributed by atoms with Gasteiger partial charge in [0.05, 0.1) is 10.9 Å². The fourth-order valence-electron chi connectivity index (χ4n) is 1.33. The Bertz CT molecular complexity index is 486. The van der Waals surface area contributed by atoms with Crippen molar-refractivity contribution in [1.29, 1.82) is 0 Å². The van der Waals surface area contributed by atoms with E-state index in [-0.39, 0.29) is 0 Å². The molecule has 0 aromatic heterocycles. The highest BCUT2D eigenvalue weighted by atomic mass is 35.5. The van der Waals surface area contributed by atoms with Crippen molar-refractivity contribution in [2.75, 3.05) is 17.8 Å². The normalized spacial score (nSPS) is 13.3. The first kappa shape index (κ1) is 15.6. The zero-order valence-electron chi connectivity index (χ0n) is 10.2. The molecule has 0 bridgehead atoms. The zero-order chi connectivity index (χ0) is 13.8. The number of rotatable bonds is 6. The van der Waals surface area contributed by atoms with Gasteiger partial charge in [0.2, 0.25) is 10.0 Å². The van der Waals surface area contributed by atoms with Crippen molar-refractivity contribution in [2.45, 2.75) is 19.1 Å². The van der Waals surface area contributed by atoms with E-state index in [1.54, 1.807) is 13.0 Å². The van der Waals surface area contributed by atoms with Crippen LogP contribution >= 0.6 is 23.2 Å². The molecule has 4 nitrogen and oxygen atoms in total. The summed E-state index contributed by atoms with van der Waals surface area (Å²) in [6, 6.07) is 4.58. The fourth-order valence-corrected chi connectivity index (χ4v) is 2.85. The fraction of sp³-hybridized carbons (Fsp3) is 0.455. The first-order valence-corrected chi connectivity index (χ1v) is 7.84. The number of halogens is 2. The molecule has 1 rings (SSSR count). The monoisotopic (exact) mass is 310 g/mol. The van der Waals surface area contributed by atoms with Crippen LogP contribution in [-0.4, -0.2) is 26.8 Å². The van der Waals surface area contributed by atoms with E-state index in [9.17, 15) is 8.42 Å². The van der Waals surface area contributed by atoms with Gasteiger partial charge in [-0.05, 0) is 31.7 Å². The lowest BCUT2D eigenvalue weighted by Crippen LogP contribution is -2.34. The van der Waals surface area contributed by atoms with Crippen LogP contribution in [0.2, 0.25) is 10.0 Å². The van der Waals surface area contributed by atoms with Gasteiger partial charge >= 0.3 is 0 Å². The molecule has 0 radical (unpaired) electrons. The Balaban J connectivity index is 2.81. The van der Waals surface area contributed by atoms with Crippen LogP contribution in [0.4, 0.5) is 5.69 Å². The van der Waals surface area contributed by atoms with Crippen LogP contribution in [0.15, 0.2) is 18.2 Å². The van der Waals surface area contributed by atoms with Gasteiger partial charge in [-0.15, -0.1) is 0 Å². The molecule has 1 atom stereocenters. The summed E-state index contributed by atoms with van der Waals surface area (Å²) in [6.45, 7) is 4.67. The molecule has 0 aliphatic rings. The molecular weight excluding hydrogens is 295 g/mol. The highest BCUT2D eigenvalue weighted by molar-refractivity contribution is 7.93. The Morgan fingerprint density at radius 3 is 2.28 bits per heavy atom. The van der Waals surface area contributed by atoms with Gasteiger partial charge in [-0.2, -0.15) is 0 Å². The van der Waals surface area contributed by atoms with E-state index in [2.05, 4.69) is 10.0 Å². The quantitative estimate of drug-likeness (QED) is 0.849. The number of hydrogen-bond acceptors (Lipinski definition) is 3. The lowest BCUT2D eigenvalue weighted by molar-refractivity contribution is 0.579. The lowest BCUT2D eigenvalue weighted by atomic mass is 10.3. The minimum absolute atomic E-state index is 0.371. The molecule has 0 heterocycles. The van der Waals surface area contributed by atoms with Crippen LogP contribution in [-0.2, 0) is 10.0 Å². The molecule has 0 fully saturated rings. The molecule has 102 valence electrons. The third-order valence-corrected chi connectivity index (χ3v) is 4.52. The second kappa shape index (κ2) is 6.61. The van der Waals surface area contributed by atoms with Crippen LogP contribution < -0.4 is 10.0 Å². The third-order valence-electron chi connectivity index (χ3n) is 2.33. The molecule has 18 heavy (non-hydrogen) atoms. The Labute approximate surface area is 118 Å². The van der Waals surface area contributed by atoms with Gasteiger partial charge in [-0.1, -0.05) is 30.1 Å². The van der Waals surface area contributed by atoms with Gasteiger partial charge in [0.15, 0.2) is 0 Å². The number of anilines is 1. The van der Waals surface area contributed by atoms with Crippen molar-refractivity contribution < 1.29 is 8.42 Å². The number of benzene rings is 1. The van der Waals surface area contributed by atoms with Gasteiger partial charge in [-0.3, -0.25) is 4.72 Å². The molecule has 1 aromatic carbocycles. The average Bonchev–Trinajstić information content (AvgIpc) is 2.23. The highest BCUT2D eigenvalue weighted by Gasteiger charge is 2.20. The molecule has 1 aromatic rings. The summed E-state index contributed by atoms with van der Waals surface area (Å²) in [5.41, 5.74) is 0.371. The molecule has 1 unspecified atom stereocenters. The second-order valence-corrected chi connectivity index (χ2v) is 6.90. The molecule has 7 heteroatoms. The Morgan fingerprint density at radius 1 is 1.22 bits per heavy atom. The predicted octanol–water partition coefficient (Wildman–Crippen LogP) is 2.73. The zero-order valence-corrected chi connectivity index (χ0v) is 12.5. The number of hydrogen-bond donors (Lipinski definition) is 2. The molecular formula is C11H16Cl2N2O2S. The highest BCUT2D eigenvalue weighted by Crippen LogP contribution is 2.23. The van der Waals surface area contributed by atoms with E-state index < -0.39 is 15.3 Å². The van der Waals surface area contributed by atoms with E-state index in [4.69, 9.17) is 23.2 Å². The van der Waals surface area contributed by atoms with Crippen LogP contribution in [0.25, 0.3) is 0 Å². The molecule has 0 saturated heterocycles. The summed E-state index contributed by atoms with van der Waals surface area (Å²) >= 11 is 11.6. The van der Waals surface area contributed by atoms with Crippen molar-refractivity contribution in [2.24, 2.45) is 0 Å². The average molecular weight is 311 g/mol. The van der Waals surface area contributed by atoms with Crippen LogP contribution in [0.5, 0.6) is 0 Å². The van der Waals surface area contributed by atoms with Gasteiger partial charge in [0.1, 0.15) is 0 Å². The summed E-state index contributed by atoms with van der Waals surface area (Å²) < 4.78 is 26.5. The standard InChI is InChI=1S/C11H16Cl2N2O2S/c1-3-14-7-8(2)18(16,17)15-11-5-9(12)4-10(13)6-11/h4-6,8,14-15H,3,7H2,1-2H3. The SMILES string of the molecule is CCNCC(C)S(=O)(=O)Nc1cc(Cl)cc(Cl)c1. The van der Waals surface area contributed by atoms with E-state index in [0.717, 1.165) is 6.54 Å². The van der Waals surface area contributed by atoms with Crippen molar-refractivity contribution in [1.82, 2.24) is 5.32 Å². The Hall–Kier alpha value is -0.490. The summed E-state index contributed by atoms with van der Waals surface area (Å²) in [5, 5.41) is 3.22. The molecule has 0 aliphatic heterocycles. The molecule has 0 aliphatic carbocycles. The van der Waals surface area contributed by atoms with E-state index in [0.29, 0.717) is 22.3 Å². The Kier molecular flexibility index (Phi) is 5.72. The Morgan fingerprint density at radius 2 is 1.78 bits per heavy atom. The maximum Gasteiger partial charge on any atom is 0.236 e. The molecule has 2 N–H and O–H groups in total. The maximum absolute atomic E-state index is 12.0. The van der Waals surface area contributed by atoms with Crippen LogP contribution in [0, 0.1) is 0 Å². The van der Waals surface area contributed by atoms with Crippen molar-refractivity contribution in [3.8, 4) is 0 Å². The van der Waals surface area contributed by atoms with Gasteiger partial charge in [0, 0.05) is 16.6 Å². The van der Waals surface area contributed by atoms with Crippen LogP contribution in [0.1, 0.15) is 13.8 Å². The first-order valence-electron chi connectivity index (χ1n) is 5.53. The first-order chi connectivity index (χ1) is 8.35. The molecule has 0 amide bonds. The largest absolute Gasteiger partial charge is 0.316 e. The minimum Gasteiger partial charge on any atom is -0.316 e. The van der Waals surface area contributed by atoms with E-state index in [1.165, 1.54) is 12.1 Å². The number of nitrogens with one attached hydrogen (secondary N) is 2. The second-order valence-electron chi connectivity index (χ2n) is 3.92. The van der Waals surface area contributed by atoms with E-state index in [1.807, 2.05) is 6.92 Å². The third kappa shape index (κ3) is 4.65. The van der Waals surface area contributed by atoms with Gasteiger partial charge in [0.25, 0.3) is 0 Å². The molecule has 0 saturated carbocycles. The van der Waals surface area contributed by atoms with Crippen molar-refractivity contribution in [3.05, 3.63) is 28.2 Å². The van der Waals surface area contributed by atoms with Gasteiger partial charge in [-0.25, -0.2) is 8.42 Å². The summed E-state index contributed by atoms with van der Waals surface area (Å²) in [4.78, 5) is 0. The summed E-state index contributed by atoms with van der Waals surface area (Å²) in [6.07, 6.45) is 0. The van der Waals surface area contributed by atoms with Crippen molar-refractivity contribution in [3.63, 3.8) is 0 Å². The summed E-state index contributed by atoms with van der Waals surface area (Å²) in [7, 11) is -3.45. The lowest BCUT2D eigenvalue weighted by Gasteiger charge is -2.15. The van der Waals surface area contributed by atoms with Crippen LogP contribution in [0.3, 0.4) is 0 Å². The van der Waals surface area contributed by atoms with Crippen molar-refractivity contribution >= 4 is 38.9 Å². The smallest absolute Gasteiger partial charge is 0.236 e. The summed E-state index contributed by atoms with van der Waals surface area (Å²) in [5.74, 6) is 0.